The van der Waals surface area contributed by atoms with E-state index in [9.17, 15) is 9.90 Å². The average Bonchev–Trinajstić information content (AvgIpc) is 3.57. The predicted molar refractivity (Wildman–Crippen MR) is 126 cm³/mol. The van der Waals surface area contributed by atoms with Gasteiger partial charge in [-0.3, -0.25) is 9.78 Å². The van der Waals surface area contributed by atoms with Crippen molar-refractivity contribution in [3.05, 3.63) is 95.8 Å². The van der Waals surface area contributed by atoms with Gasteiger partial charge >= 0.3 is 0 Å². The number of anilines is 1. The van der Waals surface area contributed by atoms with Crippen molar-refractivity contribution in [1.82, 2.24) is 9.88 Å². The highest BCUT2D eigenvalue weighted by Crippen LogP contribution is 2.41. The average molecular weight is 428 g/mol. The number of amides is 1. The highest BCUT2D eigenvalue weighted by Gasteiger charge is 2.47. The zero-order chi connectivity index (χ0) is 22.0. The molecule has 2 saturated heterocycles. The molecule has 2 aliphatic rings. The van der Waals surface area contributed by atoms with E-state index in [1.165, 1.54) is 0 Å². The van der Waals surface area contributed by atoms with Crippen molar-refractivity contribution in [3.8, 4) is 0 Å². The smallest absolute Gasteiger partial charge is 0.257 e. The van der Waals surface area contributed by atoms with Gasteiger partial charge in [-0.05, 0) is 42.9 Å². The van der Waals surface area contributed by atoms with E-state index in [0.29, 0.717) is 12.1 Å². The normalized spacial score (nSPS) is 18.8. The van der Waals surface area contributed by atoms with Crippen LogP contribution in [0.25, 0.3) is 0 Å². The molecule has 0 aliphatic carbocycles. The SMILES string of the molecule is O=C(c1cnccc1N1CCCC1)N1CCC[C@H]1C(O)(c1ccccc1)c1ccccc1. The van der Waals surface area contributed by atoms with Crippen LogP contribution in [0.5, 0.6) is 0 Å². The van der Waals surface area contributed by atoms with E-state index in [-0.39, 0.29) is 11.9 Å². The Morgan fingerprint density at radius 1 is 0.875 bits per heavy atom. The van der Waals surface area contributed by atoms with E-state index in [1.807, 2.05) is 71.6 Å². The third kappa shape index (κ3) is 3.56. The highest BCUT2D eigenvalue weighted by molar-refractivity contribution is 6.00. The van der Waals surface area contributed by atoms with Crippen molar-refractivity contribution in [3.63, 3.8) is 0 Å². The Balaban J connectivity index is 1.56. The van der Waals surface area contributed by atoms with Crippen LogP contribution in [0.1, 0.15) is 47.2 Å². The second-order valence-electron chi connectivity index (χ2n) is 8.74. The van der Waals surface area contributed by atoms with Crippen molar-refractivity contribution in [2.45, 2.75) is 37.3 Å². The third-order valence-electron chi connectivity index (χ3n) is 6.90. The molecule has 5 rings (SSSR count). The second kappa shape index (κ2) is 8.75. The largest absolute Gasteiger partial charge is 0.378 e. The van der Waals surface area contributed by atoms with Gasteiger partial charge < -0.3 is 14.9 Å². The van der Waals surface area contributed by atoms with E-state index >= 15 is 0 Å². The number of carbonyl (C=O) groups is 1. The standard InChI is InChI=1S/C27H29N3O2/c31-26(23-20-28-16-15-24(23)29-17-7-8-18-29)30-19-9-14-25(30)27(32,21-10-3-1-4-11-21)22-12-5-2-6-13-22/h1-6,10-13,15-16,20,25,32H,7-9,14,17-19H2/t25-/m0/s1. The molecule has 1 aromatic heterocycles. The van der Waals surface area contributed by atoms with Gasteiger partial charge in [0.25, 0.3) is 5.91 Å². The molecule has 0 saturated carbocycles. The Hall–Kier alpha value is -3.18. The molecule has 5 nitrogen and oxygen atoms in total. The Labute approximate surface area is 189 Å². The number of nitrogens with zero attached hydrogens (tertiary/aromatic N) is 3. The first-order valence-electron chi connectivity index (χ1n) is 11.5. The minimum Gasteiger partial charge on any atom is -0.378 e. The molecule has 2 aliphatic heterocycles. The van der Waals surface area contributed by atoms with Crippen LogP contribution in [0.4, 0.5) is 5.69 Å². The first-order valence-corrected chi connectivity index (χ1v) is 11.5. The predicted octanol–water partition coefficient (Wildman–Crippen LogP) is 4.22. The number of rotatable bonds is 5. The van der Waals surface area contributed by atoms with Gasteiger partial charge in [0.1, 0.15) is 5.60 Å². The molecule has 3 heterocycles. The molecular formula is C27H29N3O2. The molecule has 0 unspecified atom stereocenters. The summed E-state index contributed by atoms with van der Waals surface area (Å²) >= 11 is 0. The van der Waals surface area contributed by atoms with Gasteiger partial charge in [0.2, 0.25) is 0 Å². The van der Waals surface area contributed by atoms with Gasteiger partial charge in [0, 0.05) is 32.0 Å². The van der Waals surface area contributed by atoms with Crippen molar-refractivity contribution in [1.29, 1.82) is 0 Å². The third-order valence-corrected chi connectivity index (χ3v) is 6.90. The van der Waals surface area contributed by atoms with Crippen LogP contribution >= 0.6 is 0 Å². The second-order valence-corrected chi connectivity index (χ2v) is 8.74. The van der Waals surface area contributed by atoms with E-state index in [2.05, 4.69) is 9.88 Å². The molecule has 3 aromatic rings. The number of hydrogen-bond acceptors (Lipinski definition) is 4. The molecule has 1 atom stereocenters. The maximum atomic E-state index is 13.9. The van der Waals surface area contributed by atoms with Crippen molar-refractivity contribution in [2.75, 3.05) is 24.5 Å². The fourth-order valence-electron chi connectivity index (χ4n) is 5.32. The fraction of sp³-hybridized carbons (Fsp3) is 0.333. The maximum Gasteiger partial charge on any atom is 0.257 e. The van der Waals surface area contributed by atoms with Gasteiger partial charge in [-0.25, -0.2) is 0 Å². The lowest BCUT2D eigenvalue weighted by atomic mass is 9.79. The summed E-state index contributed by atoms with van der Waals surface area (Å²) in [5.74, 6) is -0.0483. The summed E-state index contributed by atoms with van der Waals surface area (Å²) in [5, 5.41) is 12.3. The molecule has 0 bridgehead atoms. The first-order chi connectivity index (χ1) is 15.7. The topological polar surface area (TPSA) is 56.7 Å². The quantitative estimate of drug-likeness (QED) is 0.662. The number of hydrogen-bond donors (Lipinski definition) is 1. The lowest BCUT2D eigenvalue weighted by Gasteiger charge is -2.40. The van der Waals surface area contributed by atoms with Crippen LogP contribution in [-0.2, 0) is 5.60 Å². The Morgan fingerprint density at radius 2 is 1.50 bits per heavy atom. The molecule has 5 heteroatoms. The first kappa shape index (κ1) is 20.7. The van der Waals surface area contributed by atoms with Crippen LogP contribution in [0.3, 0.4) is 0 Å². The molecule has 0 spiro atoms. The number of benzene rings is 2. The maximum absolute atomic E-state index is 13.9. The van der Waals surface area contributed by atoms with Crippen LogP contribution in [0.15, 0.2) is 79.1 Å². The van der Waals surface area contributed by atoms with Gasteiger partial charge in [-0.1, -0.05) is 60.7 Å². The van der Waals surface area contributed by atoms with Gasteiger partial charge in [-0.2, -0.15) is 0 Å². The lowest BCUT2D eigenvalue weighted by Crippen LogP contribution is -2.50. The minimum absolute atomic E-state index is 0.0483. The number of likely N-dealkylation sites (tertiary alicyclic amines) is 1. The number of aromatic nitrogens is 1. The van der Waals surface area contributed by atoms with Crippen LogP contribution in [-0.4, -0.2) is 46.6 Å². The van der Waals surface area contributed by atoms with Gasteiger partial charge in [0.15, 0.2) is 0 Å². The monoisotopic (exact) mass is 427 g/mol. The van der Waals surface area contributed by atoms with Crippen molar-refractivity contribution >= 4 is 11.6 Å². The molecule has 1 amide bonds. The molecule has 2 fully saturated rings. The lowest BCUT2D eigenvalue weighted by molar-refractivity contribution is -0.000712. The summed E-state index contributed by atoms with van der Waals surface area (Å²) in [7, 11) is 0. The molecule has 2 aromatic carbocycles. The Bertz CT molecular complexity index is 1030. The Morgan fingerprint density at radius 3 is 2.12 bits per heavy atom. The zero-order valence-electron chi connectivity index (χ0n) is 18.2. The van der Waals surface area contributed by atoms with Crippen molar-refractivity contribution in [2.24, 2.45) is 0 Å². The molecular weight excluding hydrogens is 398 g/mol. The van der Waals surface area contributed by atoms with E-state index < -0.39 is 5.60 Å². The molecule has 1 N–H and O–H groups in total. The fourth-order valence-corrected chi connectivity index (χ4v) is 5.32. The summed E-state index contributed by atoms with van der Waals surface area (Å²) in [6.07, 6.45) is 7.34. The minimum atomic E-state index is -1.29. The van der Waals surface area contributed by atoms with E-state index in [0.717, 1.165) is 55.6 Å². The van der Waals surface area contributed by atoms with Crippen LogP contribution < -0.4 is 4.90 Å². The summed E-state index contributed by atoms with van der Waals surface area (Å²) < 4.78 is 0. The van der Waals surface area contributed by atoms with Crippen LogP contribution in [0, 0.1) is 0 Å². The summed E-state index contributed by atoms with van der Waals surface area (Å²) in [4.78, 5) is 22.3. The van der Waals surface area contributed by atoms with E-state index in [4.69, 9.17) is 0 Å². The van der Waals surface area contributed by atoms with Crippen molar-refractivity contribution < 1.29 is 9.90 Å². The number of aliphatic hydroxyl groups is 1. The molecule has 164 valence electrons. The summed E-state index contributed by atoms with van der Waals surface area (Å²) in [6.45, 7) is 2.55. The summed E-state index contributed by atoms with van der Waals surface area (Å²) in [6, 6.07) is 21.1. The van der Waals surface area contributed by atoms with Gasteiger partial charge in [-0.15, -0.1) is 0 Å². The summed E-state index contributed by atoms with van der Waals surface area (Å²) in [5.41, 5.74) is 1.91. The highest BCUT2D eigenvalue weighted by atomic mass is 16.3. The van der Waals surface area contributed by atoms with Crippen LogP contribution in [0.2, 0.25) is 0 Å². The van der Waals surface area contributed by atoms with Gasteiger partial charge in [0.05, 0.1) is 17.3 Å². The molecule has 0 radical (unpaired) electrons. The Kier molecular flexibility index (Phi) is 5.66. The molecule has 32 heavy (non-hydrogen) atoms. The zero-order valence-corrected chi connectivity index (χ0v) is 18.2. The number of carbonyl (C=O) groups excluding carboxylic acids is 1. The number of pyridine rings is 1. The van der Waals surface area contributed by atoms with E-state index in [1.54, 1.807) is 12.4 Å².